The van der Waals surface area contributed by atoms with E-state index in [4.69, 9.17) is 0 Å². The zero-order valence-electron chi connectivity index (χ0n) is 19.1. The van der Waals surface area contributed by atoms with E-state index in [1.54, 1.807) is 12.1 Å². The fraction of sp³-hybridized carbons (Fsp3) is 0.154. The molecular weight excluding hydrogens is 467 g/mol. The minimum Gasteiger partial charge on any atom is -0.352 e. The van der Waals surface area contributed by atoms with Gasteiger partial charge in [0.2, 0.25) is 0 Å². The van der Waals surface area contributed by atoms with E-state index < -0.39 is 15.8 Å². The van der Waals surface area contributed by atoms with Gasteiger partial charge in [-0.1, -0.05) is 18.2 Å². The van der Waals surface area contributed by atoms with Crippen molar-refractivity contribution >= 4 is 21.6 Å². The van der Waals surface area contributed by atoms with Crippen LogP contribution in [0.1, 0.15) is 28.0 Å². The number of hydrogen-bond acceptors (Lipinski definition) is 4. The molecule has 0 aliphatic heterocycles. The molecular formula is C26H25FN4O3S. The number of para-hydroxylation sites is 1. The lowest BCUT2D eigenvalue weighted by Gasteiger charge is -2.09. The fourth-order valence-electron chi connectivity index (χ4n) is 3.55. The number of amides is 1. The highest BCUT2D eigenvalue weighted by molar-refractivity contribution is 7.92. The number of aryl methyl sites for hydroxylation is 2. The largest absolute Gasteiger partial charge is 0.352 e. The molecule has 0 radical (unpaired) electrons. The predicted octanol–water partition coefficient (Wildman–Crippen LogP) is 4.48. The number of aromatic nitrogens is 2. The maximum atomic E-state index is 13.0. The number of halogens is 1. The Labute approximate surface area is 203 Å². The lowest BCUT2D eigenvalue weighted by Crippen LogP contribution is -2.24. The van der Waals surface area contributed by atoms with Crippen molar-refractivity contribution in [1.29, 1.82) is 0 Å². The van der Waals surface area contributed by atoms with Crippen molar-refractivity contribution in [3.8, 4) is 5.69 Å². The zero-order valence-corrected chi connectivity index (χ0v) is 19.9. The summed E-state index contributed by atoms with van der Waals surface area (Å²) < 4.78 is 42.1. The molecule has 0 saturated heterocycles. The van der Waals surface area contributed by atoms with Gasteiger partial charge in [0.1, 0.15) is 5.82 Å². The number of anilines is 1. The molecule has 2 N–H and O–H groups in total. The van der Waals surface area contributed by atoms with E-state index in [0.29, 0.717) is 17.8 Å². The van der Waals surface area contributed by atoms with E-state index >= 15 is 0 Å². The summed E-state index contributed by atoms with van der Waals surface area (Å²) in [4.78, 5) is 12.4. The van der Waals surface area contributed by atoms with Gasteiger partial charge in [0.05, 0.1) is 16.3 Å². The maximum absolute atomic E-state index is 13.0. The molecule has 0 spiro atoms. The Morgan fingerprint density at radius 2 is 1.66 bits per heavy atom. The Bertz CT molecular complexity index is 1400. The number of rotatable bonds is 9. The standard InChI is InChI=1S/C26H25FN4O3S/c1-19-21(18-31(29-19)24-7-3-2-4-8-24)6-5-17-28-26(32)20-9-13-23(14-10-20)30-35(33,34)25-15-11-22(27)12-16-25/h2-4,7-16,18,30H,5-6,17H2,1H3,(H,28,32). The van der Waals surface area contributed by atoms with E-state index in [1.807, 2.05) is 48.1 Å². The number of hydrogen-bond donors (Lipinski definition) is 2. The van der Waals surface area contributed by atoms with Crippen LogP contribution in [0.25, 0.3) is 5.69 Å². The topological polar surface area (TPSA) is 93.1 Å². The van der Waals surface area contributed by atoms with Crippen LogP contribution in [0.2, 0.25) is 0 Å². The van der Waals surface area contributed by atoms with Crippen LogP contribution in [-0.4, -0.2) is 30.7 Å². The van der Waals surface area contributed by atoms with Crippen molar-refractivity contribution in [3.05, 3.63) is 108 Å². The third-order valence-electron chi connectivity index (χ3n) is 5.45. The summed E-state index contributed by atoms with van der Waals surface area (Å²) >= 11 is 0. The average molecular weight is 493 g/mol. The highest BCUT2D eigenvalue weighted by atomic mass is 32.2. The third kappa shape index (κ3) is 6.13. The molecule has 0 unspecified atom stereocenters. The van der Waals surface area contributed by atoms with E-state index in [1.165, 1.54) is 24.3 Å². The first-order valence-electron chi connectivity index (χ1n) is 11.1. The summed E-state index contributed by atoms with van der Waals surface area (Å²) in [6.07, 6.45) is 3.55. The number of sulfonamides is 1. The Balaban J connectivity index is 1.28. The van der Waals surface area contributed by atoms with Crippen molar-refractivity contribution in [1.82, 2.24) is 15.1 Å². The number of nitrogens with zero attached hydrogens (tertiary/aromatic N) is 2. The van der Waals surface area contributed by atoms with E-state index in [0.717, 1.165) is 41.9 Å². The van der Waals surface area contributed by atoms with Crippen LogP contribution in [0.15, 0.2) is 90.0 Å². The van der Waals surface area contributed by atoms with Crippen LogP contribution in [-0.2, 0) is 16.4 Å². The van der Waals surface area contributed by atoms with Gasteiger partial charge in [-0.05, 0) is 86.0 Å². The number of carbonyl (C=O) groups is 1. The first-order valence-corrected chi connectivity index (χ1v) is 12.6. The lowest BCUT2D eigenvalue weighted by atomic mass is 10.1. The first kappa shape index (κ1) is 24.2. The summed E-state index contributed by atoms with van der Waals surface area (Å²) in [5, 5.41) is 7.45. The second-order valence-corrected chi connectivity index (χ2v) is 9.70. The van der Waals surface area contributed by atoms with Gasteiger partial charge in [-0.15, -0.1) is 0 Å². The highest BCUT2D eigenvalue weighted by Gasteiger charge is 2.15. The Hall–Kier alpha value is -3.98. The molecule has 1 aromatic heterocycles. The Morgan fingerprint density at radius 1 is 0.971 bits per heavy atom. The van der Waals surface area contributed by atoms with Crippen LogP contribution in [0.3, 0.4) is 0 Å². The van der Waals surface area contributed by atoms with E-state index in [-0.39, 0.29) is 10.8 Å². The predicted molar refractivity (Wildman–Crippen MR) is 133 cm³/mol. The molecule has 0 bridgehead atoms. The van der Waals surface area contributed by atoms with Gasteiger partial charge in [-0.25, -0.2) is 17.5 Å². The van der Waals surface area contributed by atoms with Gasteiger partial charge in [0.15, 0.2) is 0 Å². The normalized spacial score (nSPS) is 11.3. The van der Waals surface area contributed by atoms with Crippen molar-refractivity contribution < 1.29 is 17.6 Å². The molecule has 0 aliphatic carbocycles. The smallest absolute Gasteiger partial charge is 0.261 e. The van der Waals surface area contributed by atoms with Gasteiger partial charge in [0.25, 0.3) is 15.9 Å². The Kier molecular flexibility index (Phi) is 7.26. The SMILES string of the molecule is Cc1nn(-c2ccccc2)cc1CCCNC(=O)c1ccc(NS(=O)(=O)c2ccc(F)cc2)cc1. The minimum atomic E-state index is -3.85. The molecule has 0 aliphatic rings. The molecule has 4 aromatic rings. The van der Waals surface area contributed by atoms with Crippen LogP contribution in [0.5, 0.6) is 0 Å². The van der Waals surface area contributed by atoms with Crippen molar-refractivity contribution in [2.45, 2.75) is 24.7 Å². The molecule has 0 saturated carbocycles. The lowest BCUT2D eigenvalue weighted by molar-refractivity contribution is 0.0953. The molecule has 0 atom stereocenters. The maximum Gasteiger partial charge on any atom is 0.261 e. The van der Waals surface area contributed by atoms with Crippen LogP contribution < -0.4 is 10.0 Å². The van der Waals surface area contributed by atoms with Crippen LogP contribution in [0.4, 0.5) is 10.1 Å². The van der Waals surface area contributed by atoms with Crippen molar-refractivity contribution in [3.63, 3.8) is 0 Å². The molecule has 35 heavy (non-hydrogen) atoms. The van der Waals surface area contributed by atoms with Gasteiger partial charge in [0, 0.05) is 24.0 Å². The minimum absolute atomic E-state index is 0.0507. The van der Waals surface area contributed by atoms with E-state index in [2.05, 4.69) is 15.1 Å². The molecule has 3 aromatic carbocycles. The monoisotopic (exact) mass is 492 g/mol. The van der Waals surface area contributed by atoms with E-state index in [9.17, 15) is 17.6 Å². The summed E-state index contributed by atoms with van der Waals surface area (Å²) in [5.41, 5.74) is 3.80. The van der Waals surface area contributed by atoms with Crippen molar-refractivity contribution in [2.75, 3.05) is 11.3 Å². The van der Waals surface area contributed by atoms with Gasteiger partial charge in [-0.3, -0.25) is 9.52 Å². The highest BCUT2D eigenvalue weighted by Crippen LogP contribution is 2.17. The molecule has 4 rings (SSSR count). The summed E-state index contributed by atoms with van der Waals surface area (Å²) in [7, 11) is -3.85. The van der Waals surface area contributed by atoms with Gasteiger partial charge >= 0.3 is 0 Å². The average Bonchev–Trinajstić information content (AvgIpc) is 3.23. The zero-order chi connectivity index (χ0) is 24.8. The number of benzene rings is 3. The van der Waals surface area contributed by atoms with Gasteiger partial charge < -0.3 is 5.32 Å². The molecule has 1 amide bonds. The second-order valence-electron chi connectivity index (χ2n) is 8.02. The van der Waals surface area contributed by atoms with Crippen molar-refractivity contribution in [2.24, 2.45) is 0 Å². The quantitative estimate of drug-likeness (QED) is 0.337. The molecule has 180 valence electrons. The molecule has 1 heterocycles. The summed E-state index contributed by atoms with van der Waals surface area (Å²) in [5.74, 6) is -0.758. The summed E-state index contributed by atoms with van der Waals surface area (Å²) in [6.45, 7) is 2.47. The fourth-order valence-corrected chi connectivity index (χ4v) is 4.61. The molecule has 0 fully saturated rings. The molecule has 9 heteroatoms. The van der Waals surface area contributed by atoms with Gasteiger partial charge in [-0.2, -0.15) is 5.10 Å². The molecule has 7 nitrogen and oxygen atoms in total. The summed E-state index contributed by atoms with van der Waals surface area (Å²) in [6, 6.07) is 20.5. The number of carbonyl (C=O) groups excluding carboxylic acids is 1. The Morgan fingerprint density at radius 3 is 2.34 bits per heavy atom. The van der Waals surface area contributed by atoms with Crippen LogP contribution in [0, 0.1) is 12.7 Å². The van der Waals surface area contributed by atoms with Crippen LogP contribution >= 0.6 is 0 Å². The third-order valence-corrected chi connectivity index (χ3v) is 6.85. The first-order chi connectivity index (χ1) is 16.8. The second kappa shape index (κ2) is 10.5. The number of nitrogens with one attached hydrogen (secondary N) is 2.